The van der Waals surface area contributed by atoms with Crippen LogP contribution in [0, 0.1) is 0 Å². The van der Waals surface area contributed by atoms with Crippen LogP contribution in [0.15, 0.2) is 54.6 Å². The average Bonchev–Trinajstić information content (AvgIpc) is 2.74. The Labute approximate surface area is 164 Å². The first-order valence-corrected chi connectivity index (χ1v) is 9.76. The molecule has 0 spiro atoms. The number of nitrogens with one attached hydrogen (secondary N) is 1. The maximum Gasteiger partial charge on any atom is 0.326 e. The number of rotatable bonds is 6. The maximum absolute atomic E-state index is 11.9. The molecule has 1 saturated heterocycles. The van der Waals surface area contributed by atoms with Crippen LogP contribution in [0.4, 0.5) is 11.8 Å². The fourth-order valence-corrected chi connectivity index (χ4v) is 3.62. The number of aliphatic carboxylic acids is 1. The molecule has 1 fully saturated rings. The zero-order valence-electron chi connectivity index (χ0n) is 15.7. The van der Waals surface area contributed by atoms with Crippen molar-refractivity contribution in [3.05, 3.63) is 60.2 Å². The number of piperidine rings is 1. The van der Waals surface area contributed by atoms with Crippen LogP contribution in [-0.2, 0) is 11.2 Å². The lowest BCUT2D eigenvalue weighted by atomic mass is 10.1. The van der Waals surface area contributed by atoms with Crippen LogP contribution < -0.4 is 10.2 Å². The number of carboxylic acid groups (broad SMARTS) is 1. The van der Waals surface area contributed by atoms with E-state index in [0.717, 1.165) is 42.4 Å². The fraction of sp³-hybridized carbons (Fsp3) is 0.318. The van der Waals surface area contributed by atoms with Gasteiger partial charge in [-0.05, 0) is 37.0 Å². The summed E-state index contributed by atoms with van der Waals surface area (Å²) < 4.78 is 0. The Morgan fingerprint density at radius 3 is 2.46 bits per heavy atom. The zero-order valence-corrected chi connectivity index (χ0v) is 15.7. The van der Waals surface area contributed by atoms with E-state index in [1.165, 1.54) is 6.42 Å². The van der Waals surface area contributed by atoms with Gasteiger partial charge in [-0.3, -0.25) is 0 Å². The van der Waals surface area contributed by atoms with Gasteiger partial charge in [-0.15, -0.1) is 0 Å². The number of fused-ring (bicyclic) bond motifs is 1. The summed E-state index contributed by atoms with van der Waals surface area (Å²) in [6.07, 6.45) is 3.87. The van der Waals surface area contributed by atoms with Crippen molar-refractivity contribution in [2.45, 2.75) is 31.7 Å². The molecule has 1 aliphatic heterocycles. The molecule has 0 saturated carbocycles. The smallest absolute Gasteiger partial charge is 0.326 e. The number of nitrogens with zero attached hydrogens (tertiary/aromatic N) is 3. The van der Waals surface area contributed by atoms with Gasteiger partial charge in [0, 0.05) is 24.9 Å². The van der Waals surface area contributed by atoms with Gasteiger partial charge in [0.25, 0.3) is 0 Å². The quantitative estimate of drug-likeness (QED) is 0.683. The normalized spacial score (nSPS) is 15.4. The van der Waals surface area contributed by atoms with Gasteiger partial charge in [0.1, 0.15) is 11.9 Å². The first kappa shape index (κ1) is 18.2. The molecule has 0 bridgehead atoms. The highest BCUT2D eigenvalue weighted by Gasteiger charge is 2.22. The van der Waals surface area contributed by atoms with Crippen molar-refractivity contribution in [3.63, 3.8) is 0 Å². The highest BCUT2D eigenvalue weighted by atomic mass is 16.4. The third-order valence-electron chi connectivity index (χ3n) is 5.12. The summed E-state index contributed by atoms with van der Waals surface area (Å²) in [7, 11) is 0. The van der Waals surface area contributed by atoms with Crippen LogP contribution in [0.3, 0.4) is 0 Å². The highest BCUT2D eigenvalue weighted by Crippen LogP contribution is 2.26. The van der Waals surface area contributed by atoms with E-state index in [-0.39, 0.29) is 0 Å². The van der Waals surface area contributed by atoms with E-state index < -0.39 is 12.0 Å². The van der Waals surface area contributed by atoms with Crippen LogP contribution in [0.2, 0.25) is 0 Å². The SMILES string of the molecule is O=C(O)C(Cc1ccccc1)Nc1nc(N2CCCCC2)nc2ccccc12. The fourth-order valence-electron chi connectivity index (χ4n) is 3.62. The van der Waals surface area contributed by atoms with Crippen LogP contribution in [0.25, 0.3) is 10.9 Å². The van der Waals surface area contributed by atoms with Crippen molar-refractivity contribution in [2.24, 2.45) is 0 Å². The van der Waals surface area contributed by atoms with Crippen molar-refractivity contribution in [2.75, 3.05) is 23.3 Å². The standard InChI is InChI=1S/C22H24N4O2/c27-21(28)19(15-16-9-3-1-4-10-16)23-20-17-11-5-6-12-18(17)24-22(25-20)26-13-7-2-8-14-26/h1,3-6,9-12,19H,2,7-8,13-15H2,(H,27,28)(H,23,24,25). The van der Waals surface area contributed by atoms with E-state index in [1.54, 1.807) is 0 Å². The van der Waals surface area contributed by atoms with Gasteiger partial charge >= 0.3 is 5.97 Å². The summed E-state index contributed by atoms with van der Waals surface area (Å²) in [5.41, 5.74) is 1.79. The van der Waals surface area contributed by atoms with Gasteiger partial charge < -0.3 is 15.3 Å². The lowest BCUT2D eigenvalue weighted by Gasteiger charge is -2.27. The highest BCUT2D eigenvalue weighted by molar-refractivity contribution is 5.92. The van der Waals surface area contributed by atoms with E-state index in [1.807, 2.05) is 54.6 Å². The van der Waals surface area contributed by atoms with E-state index in [4.69, 9.17) is 9.97 Å². The third-order valence-corrected chi connectivity index (χ3v) is 5.12. The summed E-state index contributed by atoms with van der Waals surface area (Å²) in [6, 6.07) is 16.6. The predicted octanol–water partition coefficient (Wildman–Crippen LogP) is 3.73. The number of aromatic nitrogens is 2. The molecule has 1 aliphatic rings. The number of hydrogen-bond acceptors (Lipinski definition) is 5. The second-order valence-corrected chi connectivity index (χ2v) is 7.16. The number of hydrogen-bond donors (Lipinski definition) is 2. The van der Waals surface area contributed by atoms with Crippen molar-refractivity contribution in [1.82, 2.24) is 9.97 Å². The van der Waals surface area contributed by atoms with E-state index in [2.05, 4.69) is 10.2 Å². The van der Waals surface area contributed by atoms with Crippen LogP contribution in [-0.4, -0.2) is 40.2 Å². The molecule has 0 aliphatic carbocycles. The molecule has 2 N–H and O–H groups in total. The molecule has 144 valence electrons. The Kier molecular flexibility index (Phi) is 5.37. The maximum atomic E-state index is 11.9. The average molecular weight is 376 g/mol. The second kappa shape index (κ2) is 8.25. The topological polar surface area (TPSA) is 78.3 Å². The first-order chi connectivity index (χ1) is 13.7. The summed E-state index contributed by atoms with van der Waals surface area (Å²) in [4.78, 5) is 23.6. The number of carboxylic acids is 1. The van der Waals surface area contributed by atoms with E-state index in [9.17, 15) is 9.90 Å². The van der Waals surface area contributed by atoms with Crippen molar-refractivity contribution in [1.29, 1.82) is 0 Å². The Bertz CT molecular complexity index is 955. The van der Waals surface area contributed by atoms with Gasteiger partial charge in [-0.1, -0.05) is 42.5 Å². The van der Waals surface area contributed by atoms with Crippen molar-refractivity contribution >= 4 is 28.6 Å². The summed E-state index contributed by atoms with van der Waals surface area (Å²) >= 11 is 0. The van der Waals surface area contributed by atoms with Gasteiger partial charge in [-0.25, -0.2) is 9.78 Å². The number of para-hydroxylation sites is 1. The minimum Gasteiger partial charge on any atom is -0.480 e. The van der Waals surface area contributed by atoms with Crippen molar-refractivity contribution < 1.29 is 9.90 Å². The Morgan fingerprint density at radius 1 is 1.00 bits per heavy atom. The molecular formula is C22H24N4O2. The molecule has 4 rings (SSSR count). The molecule has 28 heavy (non-hydrogen) atoms. The van der Waals surface area contributed by atoms with Gasteiger partial charge in [-0.2, -0.15) is 4.98 Å². The molecule has 2 heterocycles. The number of benzene rings is 2. The monoisotopic (exact) mass is 376 g/mol. The van der Waals surface area contributed by atoms with Gasteiger partial charge in [0.2, 0.25) is 5.95 Å². The van der Waals surface area contributed by atoms with E-state index >= 15 is 0 Å². The summed E-state index contributed by atoms with van der Waals surface area (Å²) in [5, 5.41) is 13.8. The van der Waals surface area contributed by atoms with Gasteiger partial charge in [0.05, 0.1) is 5.52 Å². The number of anilines is 2. The summed E-state index contributed by atoms with van der Waals surface area (Å²) in [5.74, 6) is 0.352. The predicted molar refractivity (Wildman–Crippen MR) is 111 cm³/mol. The Hall–Kier alpha value is -3.15. The molecule has 1 atom stereocenters. The first-order valence-electron chi connectivity index (χ1n) is 9.76. The molecule has 0 amide bonds. The summed E-state index contributed by atoms with van der Waals surface area (Å²) in [6.45, 7) is 1.87. The molecular weight excluding hydrogens is 352 g/mol. The van der Waals surface area contributed by atoms with Crippen LogP contribution >= 0.6 is 0 Å². The molecule has 0 radical (unpaired) electrons. The Balaban J connectivity index is 1.68. The van der Waals surface area contributed by atoms with Crippen molar-refractivity contribution in [3.8, 4) is 0 Å². The largest absolute Gasteiger partial charge is 0.480 e. The third kappa shape index (κ3) is 4.06. The van der Waals surface area contributed by atoms with Crippen LogP contribution in [0.5, 0.6) is 0 Å². The molecule has 6 heteroatoms. The molecule has 3 aromatic rings. The van der Waals surface area contributed by atoms with Crippen LogP contribution in [0.1, 0.15) is 24.8 Å². The zero-order chi connectivity index (χ0) is 19.3. The van der Waals surface area contributed by atoms with Gasteiger partial charge in [0.15, 0.2) is 0 Å². The van der Waals surface area contributed by atoms with E-state index in [0.29, 0.717) is 18.2 Å². The Morgan fingerprint density at radius 2 is 1.71 bits per heavy atom. The number of carbonyl (C=O) groups is 1. The molecule has 1 unspecified atom stereocenters. The molecule has 1 aromatic heterocycles. The lowest BCUT2D eigenvalue weighted by molar-refractivity contribution is -0.137. The second-order valence-electron chi connectivity index (χ2n) is 7.16. The molecule has 6 nitrogen and oxygen atoms in total. The minimum atomic E-state index is -0.897. The minimum absolute atomic E-state index is 0.382. The lowest BCUT2D eigenvalue weighted by Crippen LogP contribution is -2.33. The molecule has 2 aromatic carbocycles.